The summed E-state index contributed by atoms with van der Waals surface area (Å²) in [5.41, 5.74) is -1.17. The Balaban J connectivity index is 2.94. The average molecular weight is 269 g/mol. The molecule has 0 aromatic heterocycles. The van der Waals surface area contributed by atoms with Crippen molar-refractivity contribution >= 4 is 5.91 Å². The van der Waals surface area contributed by atoms with Crippen molar-refractivity contribution in [3.63, 3.8) is 0 Å². The molecule has 0 radical (unpaired) electrons. The highest BCUT2D eigenvalue weighted by molar-refractivity contribution is 5.97. The zero-order valence-electron chi connectivity index (χ0n) is 10.8. The van der Waals surface area contributed by atoms with Gasteiger partial charge in [0.25, 0.3) is 5.91 Å². The van der Waals surface area contributed by atoms with Crippen LogP contribution in [0.5, 0.6) is 5.75 Å². The van der Waals surface area contributed by atoms with Crippen molar-refractivity contribution in [2.24, 2.45) is 0 Å². The first-order chi connectivity index (χ1) is 9.12. The second kappa shape index (κ2) is 7.08. The molecule has 0 aliphatic carbocycles. The number of hydrogen-bond donors (Lipinski definition) is 4. The third kappa shape index (κ3) is 3.66. The number of carbonyl (C=O) groups is 1. The fourth-order valence-corrected chi connectivity index (χ4v) is 1.51. The lowest BCUT2D eigenvalue weighted by atomic mass is 10.0. The third-order valence-corrected chi connectivity index (χ3v) is 2.72. The van der Waals surface area contributed by atoms with E-state index in [1.807, 2.05) is 0 Å². The van der Waals surface area contributed by atoms with Crippen LogP contribution < -0.4 is 10.1 Å². The standard InChI is InChI=1S/C13H19NO5/c1-2-19-11-6-4-3-5-10(11)12(18)14-13(7-15,8-16)9-17/h3-6,15-17H,2,7-9H2,1H3,(H,14,18). The van der Waals surface area contributed by atoms with E-state index in [1.165, 1.54) is 0 Å². The van der Waals surface area contributed by atoms with E-state index in [0.29, 0.717) is 12.4 Å². The molecule has 4 N–H and O–H groups in total. The SMILES string of the molecule is CCOc1ccccc1C(=O)NC(CO)(CO)CO. The molecule has 0 bridgehead atoms. The van der Waals surface area contributed by atoms with E-state index in [9.17, 15) is 20.1 Å². The Labute approximate surface area is 111 Å². The zero-order valence-corrected chi connectivity index (χ0v) is 10.8. The van der Waals surface area contributed by atoms with Crippen molar-refractivity contribution in [1.29, 1.82) is 0 Å². The first kappa shape index (κ1) is 15.4. The monoisotopic (exact) mass is 269 g/mol. The highest BCUT2D eigenvalue weighted by Crippen LogP contribution is 2.18. The van der Waals surface area contributed by atoms with Gasteiger partial charge in [0.1, 0.15) is 11.3 Å². The quantitative estimate of drug-likeness (QED) is 0.536. The summed E-state index contributed by atoms with van der Waals surface area (Å²) in [6.45, 7) is 0.511. The van der Waals surface area contributed by atoms with Crippen molar-refractivity contribution in [3.8, 4) is 5.75 Å². The van der Waals surface area contributed by atoms with E-state index in [0.717, 1.165) is 0 Å². The number of nitrogens with one attached hydrogen (secondary N) is 1. The predicted octanol–water partition coefficient (Wildman–Crippen LogP) is -0.469. The molecule has 0 aliphatic rings. The van der Waals surface area contributed by atoms with Gasteiger partial charge >= 0.3 is 0 Å². The van der Waals surface area contributed by atoms with E-state index in [2.05, 4.69) is 5.32 Å². The van der Waals surface area contributed by atoms with Crippen molar-refractivity contribution in [3.05, 3.63) is 29.8 Å². The van der Waals surface area contributed by atoms with Gasteiger partial charge in [0, 0.05) is 0 Å². The molecule has 6 nitrogen and oxygen atoms in total. The molecule has 0 unspecified atom stereocenters. The Morgan fingerprint density at radius 1 is 1.21 bits per heavy atom. The largest absolute Gasteiger partial charge is 0.493 e. The van der Waals surface area contributed by atoms with Gasteiger partial charge in [-0.1, -0.05) is 12.1 Å². The minimum absolute atomic E-state index is 0.282. The van der Waals surface area contributed by atoms with Crippen LogP contribution in [-0.4, -0.2) is 53.2 Å². The Bertz CT molecular complexity index is 409. The fraction of sp³-hybridized carbons (Fsp3) is 0.462. The second-order valence-electron chi connectivity index (χ2n) is 4.14. The van der Waals surface area contributed by atoms with E-state index in [-0.39, 0.29) is 5.56 Å². The number of hydrogen-bond acceptors (Lipinski definition) is 5. The Hall–Kier alpha value is -1.63. The fourth-order valence-electron chi connectivity index (χ4n) is 1.51. The maximum absolute atomic E-state index is 12.1. The molecular formula is C13H19NO5. The van der Waals surface area contributed by atoms with Gasteiger partial charge in [-0.3, -0.25) is 4.79 Å². The summed E-state index contributed by atoms with van der Waals surface area (Å²) < 4.78 is 5.33. The van der Waals surface area contributed by atoms with Crippen molar-refractivity contribution in [2.45, 2.75) is 12.5 Å². The van der Waals surface area contributed by atoms with Crippen LogP contribution in [0.2, 0.25) is 0 Å². The number of amides is 1. The van der Waals surface area contributed by atoms with Crippen LogP contribution >= 0.6 is 0 Å². The van der Waals surface area contributed by atoms with Crippen molar-refractivity contribution in [1.82, 2.24) is 5.32 Å². The van der Waals surface area contributed by atoms with E-state index in [1.54, 1.807) is 31.2 Å². The molecule has 0 atom stereocenters. The highest BCUT2D eigenvalue weighted by Gasteiger charge is 2.31. The number of benzene rings is 1. The summed E-state index contributed by atoms with van der Waals surface area (Å²) in [7, 11) is 0. The maximum atomic E-state index is 12.1. The number of para-hydroxylation sites is 1. The first-order valence-corrected chi connectivity index (χ1v) is 5.99. The van der Waals surface area contributed by atoms with Crippen LogP contribution in [0.1, 0.15) is 17.3 Å². The molecule has 1 amide bonds. The molecular weight excluding hydrogens is 250 g/mol. The van der Waals surface area contributed by atoms with Crippen LogP contribution in [0.4, 0.5) is 0 Å². The number of aliphatic hydroxyl groups excluding tert-OH is 3. The number of ether oxygens (including phenoxy) is 1. The highest BCUT2D eigenvalue weighted by atomic mass is 16.5. The lowest BCUT2D eigenvalue weighted by Crippen LogP contribution is -2.57. The average Bonchev–Trinajstić information content (AvgIpc) is 2.46. The van der Waals surface area contributed by atoms with Crippen LogP contribution in [0, 0.1) is 0 Å². The van der Waals surface area contributed by atoms with Crippen LogP contribution in [0.15, 0.2) is 24.3 Å². The van der Waals surface area contributed by atoms with Gasteiger partial charge in [0.2, 0.25) is 0 Å². The molecule has 0 aliphatic heterocycles. The molecule has 0 heterocycles. The summed E-state index contributed by atoms with van der Waals surface area (Å²) in [6, 6.07) is 6.63. The number of rotatable bonds is 7. The maximum Gasteiger partial charge on any atom is 0.255 e. The molecule has 0 spiro atoms. The normalized spacial score (nSPS) is 11.2. The Kier molecular flexibility index (Phi) is 5.75. The van der Waals surface area contributed by atoms with Crippen LogP contribution in [0.25, 0.3) is 0 Å². The number of carbonyl (C=O) groups excluding carboxylic acids is 1. The Morgan fingerprint density at radius 2 is 1.79 bits per heavy atom. The van der Waals surface area contributed by atoms with Gasteiger partial charge in [-0.05, 0) is 19.1 Å². The minimum Gasteiger partial charge on any atom is -0.493 e. The van der Waals surface area contributed by atoms with Gasteiger partial charge < -0.3 is 25.4 Å². The van der Waals surface area contributed by atoms with Gasteiger partial charge in [-0.15, -0.1) is 0 Å². The van der Waals surface area contributed by atoms with Gasteiger partial charge in [-0.2, -0.15) is 0 Å². The van der Waals surface area contributed by atoms with Gasteiger partial charge in [-0.25, -0.2) is 0 Å². The molecule has 1 aromatic carbocycles. The molecule has 19 heavy (non-hydrogen) atoms. The summed E-state index contributed by atoms with van der Waals surface area (Å²) in [6.07, 6.45) is 0. The zero-order chi connectivity index (χ0) is 14.3. The first-order valence-electron chi connectivity index (χ1n) is 5.99. The lowest BCUT2D eigenvalue weighted by molar-refractivity contribution is 0.0374. The predicted molar refractivity (Wildman–Crippen MR) is 69.1 cm³/mol. The third-order valence-electron chi connectivity index (χ3n) is 2.72. The molecule has 0 fully saturated rings. The molecule has 6 heteroatoms. The molecule has 106 valence electrons. The number of aliphatic hydroxyl groups is 3. The summed E-state index contributed by atoms with van der Waals surface area (Å²) in [5, 5.41) is 30.0. The molecule has 1 rings (SSSR count). The van der Waals surface area contributed by atoms with Crippen LogP contribution in [-0.2, 0) is 0 Å². The van der Waals surface area contributed by atoms with E-state index in [4.69, 9.17) is 4.74 Å². The molecule has 0 saturated carbocycles. The van der Waals surface area contributed by atoms with Gasteiger partial charge in [0.15, 0.2) is 0 Å². The topological polar surface area (TPSA) is 99.0 Å². The van der Waals surface area contributed by atoms with Crippen LogP contribution in [0.3, 0.4) is 0 Å². The smallest absolute Gasteiger partial charge is 0.255 e. The van der Waals surface area contributed by atoms with Crippen molar-refractivity contribution < 1.29 is 24.9 Å². The Morgan fingerprint density at radius 3 is 2.32 bits per heavy atom. The molecule has 0 saturated heterocycles. The van der Waals surface area contributed by atoms with E-state index >= 15 is 0 Å². The summed E-state index contributed by atoms with van der Waals surface area (Å²) >= 11 is 0. The lowest BCUT2D eigenvalue weighted by Gasteiger charge is -2.28. The molecule has 1 aromatic rings. The minimum atomic E-state index is -1.45. The summed E-state index contributed by atoms with van der Waals surface area (Å²) in [4.78, 5) is 12.1. The van der Waals surface area contributed by atoms with E-state index < -0.39 is 31.3 Å². The van der Waals surface area contributed by atoms with Gasteiger partial charge in [0.05, 0.1) is 32.0 Å². The van der Waals surface area contributed by atoms with Crippen molar-refractivity contribution in [2.75, 3.05) is 26.4 Å². The summed E-state index contributed by atoms with van der Waals surface area (Å²) in [5.74, 6) is -0.119. The second-order valence-corrected chi connectivity index (χ2v) is 4.14.